The molecule has 0 bridgehead atoms. The molecule has 1 aromatic rings. The van der Waals surface area contributed by atoms with E-state index in [9.17, 15) is 14.4 Å². The molecule has 0 radical (unpaired) electrons. The first-order valence-corrected chi connectivity index (χ1v) is 8.26. The minimum atomic E-state index is -1.29. The van der Waals surface area contributed by atoms with Gasteiger partial charge in [0.05, 0.1) is 12.2 Å². The van der Waals surface area contributed by atoms with Crippen LogP contribution in [0.4, 0.5) is 4.79 Å². The first-order valence-electron chi connectivity index (χ1n) is 7.46. The molecule has 25 heavy (non-hydrogen) atoms. The summed E-state index contributed by atoms with van der Waals surface area (Å²) in [5.41, 5.74) is 9.99. The van der Waals surface area contributed by atoms with Crippen LogP contribution in [0.3, 0.4) is 0 Å². The lowest BCUT2D eigenvalue weighted by Crippen LogP contribution is -2.50. The number of nitrogens with one attached hydrogen (secondary N) is 2. The van der Waals surface area contributed by atoms with Crippen LogP contribution in [-0.2, 0) is 14.3 Å². The number of benzene rings is 1. The van der Waals surface area contributed by atoms with Gasteiger partial charge in [0, 0.05) is 10.0 Å². The van der Waals surface area contributed by atoms with E-state index in [0.717, 1.165) is 10.0 Å². The summed E-state index contributed by atoms with van der Waals surface area (Å²) in [7, 11) is 0. The molecule has 138 valence electrons. The van der Waals surface area contributed by atoms with Crippen LogP contribution in [0, 0.1) is 6.92 Å². The number of carbonyl (C=O) groups is 3. The van der Waals surface area contributed by atoms with Crippen LogP contribution < -0.4 is 16.6 Å². The standard InChI is InChI=1S/C16H22BrN3O5/c1-9-10(6-5-7-11(9)17)13(21)19-20-14(22)12(25-15(18)23)8-24-16(2,3)4/h5-7,12H,8H2,1-4H3,(H2,18,23)(H,19,21)(H,20,22). The van der Waals surface area contributed by atoms with E-state index in [2.05, 4.69) is 26.8 Å². The number of amides is 3. The van der Waals surface area contributed by atoms with Crippen LogP contribution >= 0.6 is 15.9 Å². The van der Waals surface area contributed by atoms with Gasteiger partial charge in [-0.15, -0.1) is 0 Å². The lowest BCUT2D eigenvalue weighted by molar-refractivity contribution is -0.136. The third-order valence-corrected chi connectivity index (χ3v) is 3.89. The molecule has 1 aromatic carbocycles. The van der Waals surface area contributed by atoms with Crippen LogP contribution in [0.25, 0.3) is 0 Å². The minimum absolute atomic E-state index is 0.204. The summed E-state index contributed by atoms with van der Waals surface area (Å²) in [6.07, 6.45) is -2.41. The van der Waals surface area contributed by atoms with Crippen molar-refractivity contribution in [3.8, 4) is 0 Å². The maximum atomic E-state index is 12.2. The smallest absolute Gasteiger partial charge is 0.405 e. The lowest BCUT2D eigenvalue weighted by Gasteiger charge is -2.23. The van der Waals surface area contributed by atoms with E-state index in [1.165, 1.54) is 0 Å². The second-order valence-electron chi connectivity index (χ2n) is 6.20. The van der Waals surface area contributed by atoms with Gasteiger partial charge in [-0.3, -0.25) is 20.4 Å². The van der Waals surface area contributed by atoms with Gasteiger partial charge < -0.3 is 15.2 Å². The predicted octanol–water partition coefficient (Wildman–Crippen LogP) is 1.80. The molecule has 0 heterocycles. The van der Waals surface area contributed by atoms with E-state index < -0.39 is 29.6 Å². The van der Waals surface area contributed by atoms with Gasteiger partial charge in [0.25, 0.3) is 11.8 Å². The fourth-order valence-corrected chi connectivity index (χ4v) is 2.11. The Labute approximate surface area is 154 Å². The highest BCUT2D eigenvalue weighted by atomic mass is 79.9. The number of ether oxygens (including phenoxy) is 2. The van der Waals surface area contributed by atoms with Gasteiger partial charge in [0.1, 0.15) is 0 Å². The zero-order valence-corrected chi connectivity index (χ0v) is 16.1. The van der Waals surface area contributed by atoms with Crippen molar-refractivity contribution in [1.82, 2.24) is 10.9 Å². The molecule has 1 unspecified atom stereocenters. The first-order chi connectivity index (χ1) is 11.5. The fourth-order valence-electron chi connectivity index (χ4n) is 1.75. The molecule has 0 spiro atoms. The monoisotopic (exact) mass is 415 g/mol. The summed E-state index contributed by atoms with van der Waals surface area (Å²) >= 11 is 3.33. The fraction of sp³-hybridized carbons (Fsp3) is 0.438. The highest BCUT2D eigenvalue weighted by molar-refractivity contribution is 9.10. The van der Waals surface area contributed by atoms with E-state index in [-0.39, 0.29) is 6.61 Å². The Morgan fingerprint density at radius 3 is 2.44 bits per heavy atom. The number of hydrazine groups is 1. The van der Waals surface area contributed by atoms with E-state index >= 15 is 0 Å². The van der Waals surface area contributed by atoms with Crippen molar-refractivity contribution >= 4 is 33.8 Å². The SMILES string of the molecule is Cc1c(Br)cccc1C(=O)NNC(=O)C(COC(C)(C)C)OC(N)=O. The third-order valence-electron chi connectivity index (χ3n) is 3.03. The Bertz CT molecular complexity index is 658. The molecule has 0 saturated heterocycles. The summed E-state index contributed by atoms with van der Waals surface area (Å²) < 4.78 is 10.9. The van der Waals surface area contributed by atoms with E-state index in [1.807, 2.05) is 0 Å². The number of hydrogen-bond donors (Lipinski definition) is 3. The molecule has 3 amide bonds. The van der Waals surface area contributed by atoms with Crippen LogP contribution in [0.5, 0.6) is 0 Å². The Morgan fingerprint density at radius 2 is 1.88 bits per heavy atom. The molecule has 0 aliphatic carbocycles. The zero-order valence-electron chi connectivity index (χ0n) is 14.5. The maximum absolute atomic E-state index is 12.2. The number of halogens is 1. The summed E-state index contributed by atoms with van der Waals surface area (Å²) in [6.45, 7) is 6.90. The quantitative estimate of drug-likeness (QED) is 0.633. The Kier molecular flexibility index (Phi) is 7.38. The Morgan fingerprint density at radius 1 is 1.24 bits per heavy atom. The van der Waals surface area contributed by atoms with Gasteiger partial charge in [-0.2, -0.15) is 0 Å². The highest BCUT2D eigenvalue weighted by Crippen LogP contribution is 2.19. The predicted molar refractivity (Wildman–Crippen MR) is 94.6 cm³/mol. The lowest BCUT2D eigenvalue weighted by atomic mass is 10.1. The molecular weight excluding hydrogens is 394 g/mol. The molecular formula is C16H22BrN3O5. The van der Waals surface area contributed by atoms with Crippen molar-refractivity contribution in [2.45, 2.75) is 39.4 Å². The number of primary amides is 1. The second-order valence-corrected chi connectivity index (χ2v) is 7.06. The van der Waals surface area contributed by atoms with E-state index in [4.69, 9.17) is 15.2 Å². The summed E-state index contributed by atoms with van der Waals surface area (Å²) in [6, 6.07) is 5.11. The van der Waals surface area contributed by atoms with Crippen LogP contribution in [0.15, 0.2) is 22.7 Å². The Balaban J connectivity index is 2.71. The number of hydrogen-bond acceptors (Lipinski definition) is 5. The molecule has 1 atom stereocenters. The van der Waals surface area contributed by atoms with Crippen LogP contribution in [0.1, 0.15) is 36.7 Å². The minimum Gasteiger partial charge on any atom is -0.434 e. The van der Waals surface area contributed by atoms with Crippen molar-refractivity contribution in [3.63, 3.8) is 0 Å². The average molecular weight is 416 g/mol. The summed E-state index contributed by atoms with van der Waals surface area (Å²) in [4.78, 5) is 35.3. The second kappa shape index (κ2) is 8.82. The molecule has 1 rings (SSSR count). The zero-order chi connectivity index (χ0) is 19.2. The molecule has 4 N–H and O–H groups in total. The normalized spacial score (nSPS) is 12.2. The summed E-state index contributed by atoms with van der Waals surface area (Å²) in [5, 5.41) is 0. The molecule has 0 fully saturated rings. The molecule has 0 aliphatic rings. The van der Waals surface area contributed by atoms with Gasteiger partial charge in [-0.25, -0.2) is 4.79 Å². The maximum Gasteiger partial charge on any atom is 0.405 e. The van der Waals surface area contributed by atoms with E-state index in [0.29, 0.717) is 5.56 Å². The number of carbonyl (C=O) groups excluding carboxylic acids is 3. The van der Waals surface area contributed by atoms with Crippen LogP contribution in [-0.4, -0.2) is 36.2 Å². The van der Waals surface area contributed by atoms with Gasteiger partial charge in [-0.05, 0) is 45.4 Å². The topological polar surface area (TPSA) is 120 Å². The number of nitrogens with two attached hydrogens (primary N) is 1. The van der Waals surface area contributed by atoms with Gasteiger partial charge in [0.2, 0.25) is 6.10 Å². The Hall–Kier alpha value is -2.13. The van der Waals surface area contributed by atoms with Gasteiger partial charge >= 0.3 is 6.09 Å². The third kappa shape index (κ3) is 7.10. The molecule has 8 nitrogen and oxygen atoms in total. The molecule has 0 aliphatic heterocycles. The van der Waals surface area contributed by atoms with Crippen molar-refractivity contribution < 1.29 is 23.9 Å². The van der Waals surface area contributed by atoms with Gasteiger partial charge in [-0.1, -0.05) is 22.0 Å². The van der Waals surface area contributed by atoms with Crippen molar-refractivity contribution in [1.29, 1.82) is 0 Å². The van der Waals surface area contributed by atoms with E-state index in [1.54, 1.807) is 45.9 Å². The first kappa shape index (κ1) is 20.9. The highest BCUT2D eigenvalue weighted by Gasteiger charge is 2.25. The van der Waals surface area contributed by atoms with Gasteiger partial charge in [0.15, 0.2) is 0 Å². The van der Waals surface area contributed by atoms with Crippen molar-refractivity contribution in [3.05, 3.63) is 33.8 Å². The average Bonchev–Trinajstić information content (AvgIpc) is 2.50. The number of rotatable bonds is 5. The van der Waals surface area contributed by atoms with Crippen molar-refractivity contribution in [2.24, 2.45) is 5.73 Å². The largest absolute Gasteiger partial charge is 0.434 e. The molecule has 9 heteroatoms. The van der Waals surface area contributed by atoms with Crippen molar-refractivity contribution in [2.75, 3.05) is 6.61 Å². The molecule has 0 aromatic heterocycles. The van der Waals surface area contributed by atoms with Crippen LogP contribution in [0.2, 0.25) is 0 Å². The molecule has 0 saturated carbocycles. The summed E-state index contributed by atoms with van der Waals surface area (Å²) in [5.74, 6) is -1.27.